The number of hydrogen-bond donors (Lipinski definition) is 3. The summed E-state index contributed by atoms with van der Waals surface area (Å²) in [5.41, 5.74) is 1.04. The fourth-order valence-electron chi connectivity index (χ4n) is 3.29. The molecule has 3 N–H and O–H groups in total. The number of guanidine groups is 1. The molecule has 8 heteroatoms. The first-order valence-electron chi connectivity index (χ1n) is 9.91. The lowest BCUT2D eigenvalue weighted by atomic mass is 9.95. The minimum absolute atomic E-state index is 0.0841. The molecule has 1 saturated carbocycles. The molecular formula is C20H32N4O3S. The number of amides is 1. The van der Waals surface area contributed by atoms with Gasteiger partial charge >= 0.3 is 0 Å². The molecule has 0 spiro atoms. The molecule has 1 amide bonds. The lowest BCUT2D eigenvalue weighted by molar-refractivity contribution is -0.121. The maximum Gasteiger partial charge on any atom is 0.221 e. The summed E-state index contributed by atoms with van der Waals surface area (Å²) in [5, 5.41) is 9.47. The Balaban J connectivity index is 1.65. The van der Waals surface area contributed by atoms with Crippen molar-refractivity contribution in [2.75, 3.05) is 26.4 Å². The first-order valence-corrected chi connectivity index (χ1v) is 11.8. The average molecular weight is 409 g/mol. The standard InChI is InChI=1S/C20H32N4O3S/c1-21-20(23-15-13-19(25)24-17-6-4-3-5-7-17)22-14-12-16-8-10-18(11-9-16)28(2,26)27/h8-11,17H,3-7,12-15H2,1-2H3,(H,24,25)(H2,21,22,23). The summed E-state index contributed by atoms with van der Waals surface area (Å²) in [5.74, 6) is 0.735. The van der Waals surface area contributed by atoms with Crippen LogP contribution in [0.2, 0.25) is 0 Å². The van der Waals surface area contributed by atoms with E-state index in [1.807, 2.05) is 12.1 Å². The smallest absolute Gasteiger partial charge is 0.221 e. The summed E-state index contributed by atoms with van der Waals surface area (Å²) in [6.07, 6.45) is 8.23. The summed E-state index contributed by atoms with van der Waals surface area (Å²) in [4.78, 5) is 16.5. The van der Waals surface area contributed by atoms with Crippen molar-refractivity contribution in [3.05, 3.63) is 29.8 Å². The average Bonchev–Trinajstić information content (AvgIpc) is 2.67. The maximum atomic E-state index is 12.0. The molecule has 156 valence electrons. The third-order valence-corrected chi connectivity index (χ3v) is 6.02. The Morgan fingerprint density at radius 1 is 1.07 bits per heavy atom. The number of carbonyl (C=O) groups excluding carboxylic acids is 1. The molecule has 1 aliphatic rings. The molecule has 0 radical (unpaired) electrons. The van der Waals surface area contributed by atoms with Crippen LogP contribution in [-0.2, 0) is 21.1 Å². The van der Waals surface area contributed by atoms with Crippen LogP contribution in [0, 0.1) is 0 Å². The van der Waals surface area contributed by atoms with Crippen LogP contribution < -0.4 is 16.0 Å². The van der Waals surface area contributed by atoms with Crippen LogP contribution in [0.5, 0.6) is 0 Å². The highest BCUT2D eigenvalue weighted by atomic mass is 32.2. The van der Waals surface area contributed by atoms with Gasteiger partial charge in [-0.2, -0.15) is 0 Å². The van der Waals surface area contributed by atoms with Crippen LogP contribution in [0.15, 0.2) is 34.2 Å². The molecule has 2 rings (SSSR count). The molecule has 0 aliphatic heterocycles. The van der Waals surface area contributed by atoms with E-state index >= 15 is 0 Å². The third-order valence-electron chi connectivity index (χ3n) is 4.90. The molecule has 7 nitrogen and oxygen atoms in total. The van der Waals surface area contributed by atoms with Gasteiger partial charge in [0.15, 0.2) is 15.8 Å². The van der Waals surface area contributed by atoms with Gasteiger partial charge in [0.25, 0.3) is 0 Å². The van der Waals surface area contributed by atoms with Gasteiger partial charge in [-0.25, -0.2) is 8.42 Å². The van der Waals surface area contributed by atoms with Gasteiger partial charge in [0.2, 0.25) is 5.91 Å². The molecule has 1 aromatic carbocycles. The quantitative estimate of drug-likeness (QED) is 0.449. The number of aliphatic imine (C=N–C) groups is 1. The van der Waals surface area contributed by atoms with Gasteiger partial charge in [-0.3, -0.25) is 9.79 Å². The van der Waals surface area contributed by atoms with E-state index in [1.165, 1.54) is 25.5 Å². The molecule has 0 saturated heterocycles. The summed E-state index contributed by atoms with van der Waals surface area (Å²) < 4.78 is 23.0. The van der Waals surface area contributed by atoms with Crippen LogP contribution in [0.3, 0.4) is 0 Å². The molecule has 0 aromatic heterocycles. The van der Waals surface area contributed by atoms with Gasteiger partial charge in [0, 0.05) is 38.9 Å². The Hall–Kier alpha value is -2.09. The Kier molecular flexibility index (Phi) is 8.76. The minimum atomic E-state index is -3.16. The Morgan fingerprint density at radius 2 is 1.71 bits per heavy atom. The van der Waals surface area contributed by atoms with Crippen LogP contribution in [0.4, 0.5) is 0 Å². The molecule has 0 atom stereocenters. The van der Waals surface area contributed by atoms with E-state index in [1.54, 1.807) is 19.2 Å². The topological polar surface area (TPSA) is 99.7 Å². The maximum absolute atomic E-state index is 12.0. The summed E-state index contributed by atoms with van der Waals surface area (Å²) in [6.45, 7) is 1.19. The number of benzene rings is 1. The molecule has 1 aliphatic carbocycles. The monoisotopic (exact) mass is 408 g/mol. The van der Waals surface area contributed by atoms with Crippen molar-refractivity contribution >= 4 is 21.7 Å². The lowest BCUT2D eigenvalue weighted by Gasteiger charge is -2.22. The third kappa shape index (κ3) is 7.88. The van der Waals surface area contributed by atoms with Crippen molar-refractivity contribution in [3.8, 4) is 0 Å². The Labute approximate surface area is 168 Å². The number of rotatable bonds is 8. The van der Waals surface area contributed by atoms with E-state index in [4.69, 9.17) is 0 Å². The normalized spacial score (nSPS) is 15.9. The van der Waals surface area contributed by atoms with Crippen molar-refractivity contribution in [2.24, 2.45) is 4.99 Å². The summed E-state index contributed by atoms with van der Waals surface area (Å²) in [7, 11) is -1.47. The molecule has 0 unspecified atom stereocenters. The molecule has 1 fully saturated rings. The van der Waals surface area contributed by atoms with E-state index < -0.39 is 9.84 Å². The van der Waals surface area contributed by atoms with E-state index in [0.717, 1.165) is 24.8 Å². The van der Waals surface area contributed by atoms with Crippen molar-refractivity contribution in [2.45, 2.75) is 55.9 Å². The lowest BCUT2D eigenvalue weighted by Crippen LogP contribution is -2.41. The molecule has 0 heterocycles. The predicted molar refractivity (Wildman–Crippen MR) is 112 cm³/mol. The van der Waals surface area contributed by atoms with Crippen LogP contribution in [-0.4, -0.2) is 52.7 Å². The highest BCUT2D eigenvalue weighted by Gasteiger charge is 2.15. The van der Waals surface area contributed by atoms with Gasteiger partial charge in [-0.1, -0.05) is 31.4 Å². The summed E-state index contributed by atoms with van der Waals surface area (Å²) in [6, 6.07) is 7.24. The number of carbonyl (C=O) groups is 1. The van der Waals surface area contributed by atoms with Crippen LogP contribution >= 0.6 is 0 Å². The van der Waals surface area contributed by atoms with Crippen LogP contribution in [0.25, 0.3) is 0 Å². The number of hydrogen-bond acceptors (Lipinski definition) is 4. The van der Waals surface area contributed by atoms with Crippen molar-refractivity contribution < 1.29 is 13.2 Å². The minimum Gasteiger partial charge on any atom is -0.356 e. The highest BCUT2D eigenvalue weighted by Crippen LogP contribution is 2.17. The van der Waals surface area contributed by atoms with Gasteiger partial charge in [0.05, 0.1) is 4.90 Å². The predicted octanol–water partition coefficient (Wildman–Crippen LogP) is 1.64. The Morgan fingerprint density at radius 3 is 2.32 bits per heavy atom. The number of sulfone groups is 1. The zero-order valence-corrected chi connectivity index (χ0v) is 17.6. The van der Waals surface area contributed by atoms with Gasteiger partial charge < -0.3 is 16.0 Å². The first kappa shape index (κ1) is 22.2. The van der Waals surface area contributed by atoms with E-state index in [0.29, 0.717) is 36.4 Å². The van der Waals surface area contributed by atoms with E-state index in [2.05, 4.69) is 20.9 Å². The fourth-order valence-corrected chi connectivity index (χ4v) is 3.92. The van der Waals surface area contributed by atoms with Gasteiger partial charge in [-0.15, -0.1) is 0 Å². The number of nitrogens with one attached hydrogen (secondary N) is 3. The zero-order valence-electron chi connectivity index (χ0n) is 16.8. The fraction of sp³-hybridized carbons (Fsp3) is 0.600. The van der Waals surface area contributed by atoms with E-state index in [9.17, 15) is 13.2 Å². The highest BCUT2D eigenvalue weighted by molar-refractivity contribution is 7.90. The van der Waals surface area contributed by atoms with Crippen molar-refractivity contribution in [3.63, 3.8) is 0 Å². The molecule has 1 aromatic rings. The number of nitrogens with zero attached hydrogens (tertiary/aromatic N) is 1. The van der Waals surface area contributed by atoms with Crippen molar-refractivity contribution in [1.29, 1.82) is 0 Å². The first-order chi connectivity index (χ1) is 13.4. The SMILES string of the molecule is CN=C(NCCC(=O)NC1CCCCC1)NCCc1ccc(S(C)(=O)=O)cc1. The van der Waals surface area contributed by atoms with Crippen LogP contribution in [0.1, 0.15) is 44.1 Å². The second kappa shape index (κ2) is 11.0. The van der Waals surface area contributed by atoms with Gasteiger partial charge in [0.1, 0.15) is 0 Å². The van der Waals surface area contributed by atoms with E-state index in [-0.39, 0.29) is 5.91 Å². The second-order valence-electron chi connectivity index (χ2n) is 7.24. The van der Waals surface area contributed by atoms with Crippen molar-refractivity contribution in [1.82, 2.24) is 16.0 Å². The molecular weight excluding hydrogens is 376 g/mol. The second-order valence-corrected chi connectivity index (χ2v) is 9.26. The summed E-state index contributed by atoms with van der Waals surface area (Å²) >= 11 is 0. The molecule has 0 bridgehead atoms. The molecule has 28 heavy (non-hydrogen) atoms. The zero-order chi connectivity index (χ0) is 20.4. The Bertz CT molecular complexity index is 754. The van der Waals surface area contributed by atoms with Gasteiger partial charge in [-0.05, 0) is 37.0 Å². The largest absolute Gasteiger partial charge is 0.356 e.